The van der Waals surface area contributed by atoms with Crippen molar-refractivity contribution >= 4 is 0 Å². The van der Waals surface area contributed by atoms with E-state index in [4.69, 9.17) is 10.5 Å². The van der Waals surface area contributed by atoms with Gasteiger partial charge in [0.05, 0.1) is 6.10 Å². The van der Waals surface area contributed by atoms with E-state index in [1.165, 1.54) is 6.42 Å². The summed E-state index contributed by atoms with van der Waals surface area (Å²) in [6, 6.07) is 5.43. The van der Waals surface area contributed by atoms with Gasteiger partial charge in [-0.1, -0.05) is 18.2 Å². The minimum absolute atomic E-state index is 0.165. The Balaban J connectivity index is 1.92. The molecule has 106 valence electrons. The summed E-state index contributed by atoms with van der Waals surface area (Å²) in [5, 5.41) is 0. The van der Waals surface area contributed by atoms with E-state index in [0.29, 0.717) is 23.8 Å². The third kappa shape index (κ3) is 4.00. The van der Waals surface area contributed by atoms with Gasteiger partial charge in [-0.05, 0) is 26.3 Å². The average Bonchev–Trinajstić information content (AvgIpc) is 2.42. The summed E-state index contributed by atoms with van der Waals surface area (Å²) in [5.41, 5.74) is 6.82. The Labute approximate surface area is 114 Å². The smallest absolute Gasteiger partial charge is 0.132 e. The summed E-state index contributed by atoms with van der Waals surface area (Å²) >= 11 is 0. The molecule has 19 heavy (non-hydrogen) atoms. The van der Waals surface area contributed by atoms with Gasteiger partial charge >= 0.3 is 0 Å². The van der Waals surface area contributed by atoms with Gasteiger partial charge in [-0.2, -0.15) is 0 Å². The fourth-order valence-electron chi connectivity index (χ4n) is 2.57. The van der Waals surface area contributed by atoms with Gasteiger partial charge < -0.3 is 10.5 Å². The lowest BCUT2D eigenvalue weighted by Gasteiger charge is -2.27. The molecule has 1 fully saturated rings. The Morgan fingerprint density at radius 2 is 2.16 bits per heavy atom. The van der Waals surface area contributed by atoms with E-state index >= 15 is 0 Å². The number of likely N-dealkylation sites (N-methyl/N-ethyl adjacent to an activating group) is 1. The first-order chi connectivity index (χ1) is 9.20. The van der Waals surface area contributed by atoms with Crippen molar-refractivity contribution in [2.45, 2.75) is 38.5 Å². The van der Waals surface area contributed by atoms with Gasteiger partial charge in [0.25, 0.3) is 0 Å². The van der Waals surface area contributed by atoms with Crippen molar-refractivity contribution in [3.8, 4) is 0 Å². The maximum Gasteiger partial charge on any atom is 0.132 e. The topological polar surface area (TPSA) is 38.5 Å². The van der Waals surface area contributed by atoms with Gasteiger partial charge in [0, 0.05) is 37.4 Å². The van der Waals surface area contributed by atoms with Crippen molar-refractivity contribution in [1.29, 1.82) is 0 Å². The van der Waals surface area contributed by atoms with Crippen molar-refractivity contribution in [1.82, 2.24) is 4.90 Å². The van der Waals surface area contributed by atoms with Gasteiger partial charge in [0.1, 0.15) is 5.82 Å². The lowest BCUT2D eigenvalue weighted by molar-refractivity contribution is -0.00272. The van der Waals surface area contributed by atoms with E-state index in [1.54, 1.807) is 6.07 Å². The van der Waals surface area contributed by atoms with Crippen LogP contribution in [-0.2, 0) is 17.8 Å². The molecule has 0 aromatic heterocycles. The molecular formula is C15H23FN2O. The molecule has 1 aliphatic rings. The molecule has 2 rings (SSSR count). The first-order valence-electron chi connectivity index (χ1n) is 6.97. The number of benzene rings is 1. The maximum atomic E-state index is 14.1. The monoisotopic (exact) mass is 266 g/mol. The molecule has 0 saturated carbocycles. The number of nitrogens with zero attached hydrogens (tertiary/aromatic N) is 1. The molecule has 1 heterocycles. The second-order valence-corrected chi connectivity index (χ2v) is 5.28. The molecule has 0 radical (unpaired) electrons. The highest BCUT2D eigenvalue weighted by Gasteiger charge is 2.17. The van der Waals surface area contributed by atoms with E-state index in [2.05, 4.69) is 4.90 Å². The highest BCUT2D eigenvalue weighted by molar-refractivity contribution is 5.25. The molecular weight excluding hydrogens is 243 g/mol. The van der Waals surface area contributed by atoms with Gasteiger partial charge in [0.15, 0.2) is 0 Å². The number of rotatable bonds is 5. The second-order valence-electron chi connectivity index (χ2n) is 5.28. The fourth-order valence-corrected chi connectivity index (χ4v) is 2.57. The summed E-state index contributed by atoms with van der Waals surface area (Å²) in [4.78, 5) is 2.12. The molecule has 3 nitrogen and oxygen atoms in total. The van der Waals surface area contributed by atoms with E-state index < -0.39 is 0 Å². The predicted octanol–water partition coefficient (Wildman–Crippen LogP) is 2.29. The van der Waals surface area contributed by atoms with E-state index in [0.717, 1.165) is 26.0 Å². The summed E-state index contributed by atoms with van der Waals surface area (Å²) in [5.74, 6) is -0.165. The standard InChI is InChI=1S/C15H23FN2O/c1-18(11-14-7-2-3-8-19-14)10-13-6-4-5-12(9-17)15(13)16/h4-6,14H,2-3,7-11,17H2,1H3. The number of nitrogens with two attached hydrogens (primary N) is 1. The molecule has 1 unspecified atom stereocenters. The molecule has 2 N–H and O–H groups in total. The molecule has 1 aliphatic heterocycles. The summed E-state index contributed by atoms with van der Waals surface area (Å²) in [6.07, 6.45) is 3.79. The minimum Gasteiger partial charge on any atom is -0.377 e. The zero-order valence-corrected chi connectivity index (χ0v) is 11.6. The SMILES string of the molecule is CN(Cc1cccc(CN)c1F)CC1CCCCO1. The van der Waals surface area contributed by atoms with E-state index in [1.807, 2.05) is 19.2 Å². The van der Waals surface area contributed by atoms with Crippen molar-refractivity contribution in [2.75, 3.05) is 20.2 Å². The van der Waals surface area contributed by atoms with Gasteiger partial charge in [0.2, 0.25) is 0 Å². The minimum atomic E-state index is -0.165. The van der Waals surface area contributed by atoms with Crippen LogP contribution in [-0.4, -0.2) is 31.2 Å². The van der Waals surface area contributed by atoms with E-state index in [9.17, 15) is 4.39 Å². The van der Waals surface area contributed by atoms with Crippen molar-refractivity contribution in [3.05, 3.63) is 35.1 Å². The zero-order valence-electron chi connectivity index (χ0n) is 11.6. The normalized spacial score (nSPS) is 19.9. The third-order valence-corrected chi connectivity index (χ3v) is 3.61. The summed E-state index contributed by atoms with van der Waals surface area (Å²) < 4.78 is 19.8. The average molecular weight is 266 g/mol. The summed E-state index contributed by atoms with van der Waals surface area (Å²) in [7, 11) is 2.01. The van der Waals surface area contributed by atoms with E-state index in [-0.39, 0.29) is 12.4 Å². The molecule has 1 atom stereocenters. The Hall–Kier alpha value is -0.970. The van der Waals surface area contributed by atoms with Crippen molar-refractivity contribution in [2.24, 2.45) is 5.73 Å². The van der Waals surface area contributed by atoms with Crippen LogP contribution >= 0.6 is 0 Å². The van der Waals surface area contributed by atoms with Crippen LogP contribution < -0.4 is 5.73 Å². The van der Waals surface area contributed by atoms with Crippen LogP contribution in [0, 0.1) is 5.82 Å². The quantitative estimate of drug-likeness (QED) is 0.888. The number of hydrogen-bond acceptors (Lipinski definition) is 3. The lowest BCUT2D eigenvalue weighted by Crippen LogP contribution is -2.33. The Kier molecular flexibility index (Phi) is 5.31. The highest BCUT2D eigenvalue weighted by Crippen LogP contribution is 2.17. The first kappa shape index (κ1) is 14.4. The van der Waals surface area contributed by atoms with Crippen LogP contribution in [0.2, 0.25) is 0 Å². The lowest BCUT2D eigenvalue weighted by atomic mass is 10.1. The number of ether oxygens (including phenoxy) is 1. The molecule has 0 aliphatic carbocycles. The fraction of sp³-hybridized carbons (Fsp3) is 0.600. The number of halogens is 1. The van der Waals surface area contributed by atoms with Gasteiger partial charge in [-0.3, -0.25) is 4.90 Å². The maximum absolute atomic E-state index is 14.1. The van der Waals surface area contributed by atoms with Crippen LogP contribution in [0.3, 0.4) is 0 Å². The third-order valence-electron chi connectivity index (χ3n) is 3.61. The van der Waals surface area contributed by atoms with Crippen molar-refractivity contribution < 1.29 is 9.13 Å². The van der Waals surface area contributed by atoms with Crippen LogP contribution in [0.5, 0.6) is 0 Å². The Morgan fingerprint density at radius 3 is 2.84 bits per heavy atom. The molecule has 4 heteroatoms. The molecule has 0 amide bonds. The van der Waals surface area contributed by atoms with Gasteiger partial charge in [-0.15, -0.1) is 0 Å². The molecule has 0 bridgehead atoms. The molecule has 1 saturated heterocycles. The Morgan fingerprint density at radius 1 is 1.37 bits per heavy atom. The molecule has 1 aromatic rings. The molecule has 0 spiro atoms. The van der Waals surface area contributed by atoms with Crippen molar-refractivity contribution in [3.63, 3.8) is 0 Å². The van der Waals surface area contributed by atoms with Crippen LogP contribution in [0.15, 0.2) is 18.2 Å². The highest BCUT2D eigenvalue weighted by atomic mass is 19.1. The molecule has 1 aromatic carbocycles. The predicted molar refractivity (Wildman–Crippen MR) is 74.2 cm³/mol. The second kappa shape index (κ2) is 6.98. The first-order valence-corrected chi connectivity index (χ1v) is 6.97. The number of hydrogen-bond donors (Lipinski definition) is 1. The van der Waals surface area contributed by atoms with Crippen LogP contribution in [0.25, 0.3) is 0 Å². The van der Waals surface area contributed by atoms with Crippen LogP contribution in [0.1, 0.15) is 30.4 Å². The largest absolute Gasteiger partial charge is 0.377 e. The Bertz CT molecular complexity index is 405. The summed E-state index contributed by atoms with van der Waals surface area (Å²) in [6.45, 7) is 2.55. The van der Waals surface area contributed by atoms with Crippen LogP contribution in [0.4, 0.5) is 4.39 Å². The van der Waals surface area contributed by atoms with Gasteiger partial charge in [-0.25, -0.2) is 4.39 Å². The zero-order chi connectivity index (χ0) is 13.7.